The van der Waals surface area contributed by atoms with Crippen LogP contribution in [0, 0.1) is 0 Å². The number of likely N-dealkylation sites (tertiary alicyclic amines) is 1. The maximum absolute atomic E-state index is 11.8. The standard InChI is InChI=1S/C18H25ClN2O3/c1-13(16-7-3-4-8-17(16)19)20-10-5-6-15(9-11-20)21(14(2)22)12-18(23)24/h3-4,7-8,13,15H,5-6,9-12H2,1-2H3,(H,23,24). The summed E-state index contributed by atoms with van der Waals surface area (Å²) in [6, 6.07) is 8.04. The van der Waals surface area contributed by atoms with Crippen molar-refractivity contribution in [1.29, 1.82) is 0 Å². The molecular weight excluding hydrogens is 328 g/mol. The molecule has 1 aromatic carbocycles. The molecule has 1 aliphatic rings. The third-order valence-electron chi connectivity index (χ3n) is 4.79. The number of carboxylic acids is 1. The summed E-state index contributed by atoms with van der Waals surface area (Å²) in [6.07, 6.45) is 2.54. The summed E-state index contributed by atoms with van der Waals surface area (Å²) in [7, 11) is 0. The smallest absolute Gasteiger partial charge is 0.323 e. The van der Waals surface area contributed by atoms with Gasteiger partial charge in [0.2, 0.25) is 5.91 Å². The first-order valence-electron chi connectivity index (χ1n) is 8.37. The Hall–Kier alpha value is -1.59. The van der Waals surface area contributed by atoms with Crippen LogP contribution in [0.25, 0.3) is 0 Å². The molecule has 1 aromatic rings. The van der Waals surface area contributed by atoms with Crippen LogP contribution in [0.4, 0.5) is 0 Å². The maximum atomic E-state index is 11.8. The molecule has 24 heavy (non-hydrogen) atoms. The number of carbonyl (C=O) groups excluding carboxylic acids is 1. The molecule has 0 bridgehead atoms. The number of rotatable bonds is 5. The van der Waals surface area contributed by atoms with Crippen molar-refractivity contribution in [2.24, 2.45) is 0 Å². The average molecular weight is 353 g/mol. The van der Waals surface area contributed by atoms with E-state index in [-0.39, 0.29) is 24.5 Å². The highest BCUT2D eigenvalue weighted by molar-refractivity contribution is 6.31. The highest BCUT2D eigenvalue weighted by Gasteiger charge is 2.28. The molecule has 2 atom stereocenters. The van der Waals surface area contributed by atoms with Gasteiger partial charge in [-0.05, 0) is 44.4 Å². The average Bonchev–Trinajstić information content (AvgIpc) is 2.78. The molecule has 2 rings (SSSR count). The SMILES string of the molecule is CC(=O)N(CC(=O)O)C1CCCN(C(C)c2ccccc2Cl)CC1. The van der Waals surface area contributed by atoms with Gasteiger partial charge in [0, 0.05) is 30.6 Å². The van der Waals surface area contributed by atoms with Gasteiger partial charge in [-0.25, -0.2) is 0 Å². The van der Waals surface area contributed by atoms with Crippen molar-refractivity contribution in [2.45, 2.75) is 45.2 Å². The number of hydrogen-bond acceptors (Lipinski definition) is 3. The van der Waals surface area contributed by atoms with Crippen LogP contribution in [0.1, 0.15) is 44.7 Å². The van der Waals surface area contributed by atoms with Crippen LogP contribution in [-0.2, 0) is 9.59 Å². The Bertz CT molecular complexity index is 593. The summed E-state index contributed by atoms with van der Waals surface area (Å²) in [6.45, 7) is 5.10. The van der Waals surface area contributed by atoms with Gasteiger partial charge in [-0.3, -0.25) is 14.5 Å². The van der Waals surface area contributed by atoms with Crippen LogP contribution in [0.5, 0.6) is 0 Å². The topological polar surface area (TPSA) is 60.9 Å². The van der Waals surface area contributed by atoms with Crippen LogP contribution in [-0.4, -0.2) is 52.5 Å². The van der Waals surface area contributed by atoms with Crippen LogP contribution >= 0.6 is 11.6 Å². The quantitative estimate of drug-likeness (QED) is 0.884. The number of hydrogen-bond donors (Lipinski definition) is 1. The molecule has 132 valence electrons. The third-order valence-corrected chi connectivity index (χ3v) is 5.13. The second-order valence-corrected chi connectivity index (χ2v) is 6.77. The normalized spacial score (nSPS) is 20.2. The van der Waals surface area contributed by atoms with E-state index in [2.05, 4.69) is 11.8 Å². The molecule has 1 N–H and O–H groups in total. The summed E-state index contributed by atoms with van der Waals surface area (Å²) in [5.74, 6) is -1.13. The first-order chi connectivity index (χ1) is 11.4. The molecule has 1 amide bonds. The Morgan fingerprint density at radius 2 is 2.04 bits per heavy atom. The molecule has 1 aliphatic heterocycles. The van der Waals surface area contributed by atoms with Crippen molar-refractivity contribution in [2.75, 3.05) is 19.6 Å². The zero-order valence-corrected chi connectivity index (χ0v) is 15.0. The number of carbonyl (C=O) groups is 2. The van der Waals surface area contributed by atoms with E-state index in [0.29, 0.717) is 0 Å². The first-order valence-corrected chi connectivity index (χ1v) is 8.75. The van der Waals surface area contributed by atoms with Gasteiger partial charge in [0.1, 0.15) is 6.54 Å². The van der Waals surface area contributed by atoms with E-state index in [9.17, 15) is 9.59 Å². The lowest BCUT2D eigenvalue weighted by Gasteiger charge is -2.30. The van der Waals surface area contributed by atoms with Crippen LogP contribution in [0.2, 0.25) is 5.02 Å². The van der Waals surface area contributed by atoms with Crippen molar-refractivity contribution in [3.8, 4) is 0 Å². The molecule has 0 spiro atoms. The molecule has 0 aromatic heterocycles. The molecule has 1 saturated heterocycles. The van der Waals surface area contributed by atoms with Gasteiger partial charge < -0.3 is 10.0 Å². The summed E-state index contributed by atoms with van der Waals surface area (Å²) in [5.41, 5.74) is 1.10. The van der Waals surface area contributed by atoms with E-state index >= 15 is 0 Å². The summed E-state index contributed by atoms with van der Waals surface area (Å²) < 4.78 is 0. The molecule has 0 radical (unpaired) electrons. The van der Waals surface area contributed by atoms with Gasteiger partial charge in [0.05, 0.1) is 0 Å². The van der Waals surface area contributed by atoms with E-state index in [1.54, 1.807) is 0 Å². The largest absolute Gasteiger partial charge is 0.480 e. The van der Waals surface area contributed by atoms with E-state index < -0.39 is 5.97 Å². The van der Waals surface area contributed by atoms with Crippen molar-refractivity contribution in [1.82, 2.24) is 9.80 Å². The zero-order valence-electron chi connectivity index (χ0n) is 14.2. The third kappa shape index (κ3) is 4.71. The van der Waals surface area contributed by atoms with E-state index in [1.165, 1.54) is 11.8 Å². The summed E-state index contributed by atoms with van der Waals surface area (Å²) in [5, 5.41) is 9.80. The van der Waals surface area contributed by atoms with Crippen LogP contribution in [0.3, 0.4) is 0 Å². The van der Waals surface area contributed by atoms with Crippen molar-refractivity contribution in [3.05, 3.63) is 34.9 Å². The Morgan fingerprint density at radius 3 is 2.67 bits per heavy atom. The number of nitrogens with zero attached hydrogens (tertiary/aromatic N) is 2. The minimum Gasteiger partial charge on any atom is -0.480 e. The molecular formula is C18H25ClN2O3. The number of aliphatic carboxylic acids is 1. The Kier molecular flexibility index (Phi) is 6.63. The minimum atomic E-state index is -0.962. The van der Waals surface area contributed by atoms with Gasteiger partial charge in [0.25, 0.3) is 0 Å². The number of carboxylic acid groups (broad SMARTS) is 1. The molecule has 2 unspecified atom stereocenters. The lowest BCUT2D eigenvalue weighted by atomic mass is 10.1. The molecule has 1 fully saturated rings. The van der Waals surface area contributed by atoms with Crippen LogP contribution < -0.4 is 0 Å². The molecule has 1 heterocycles. The number of halogens is 1. The lowest BCUT2D eigenvalue weighted by Crippen LogP contribution is -2.42. The molecule has 5 nitrogen and oxygen atoms in total. The fourth-order valence-electron chi connectivity index (χ4n) is 3.45. The highest BCUT2D eigenvalue weighted by atomic mass is 35.5. The van der Waals surface area contributed by atoms with E-state index in [1.807, 2.05) is 24.3 Å². The molecule has 0 aliphatic carbocycles. The zero-order chi connectivity index (χ0) is 17.7. The first kappa shape index (κ1) is 18.7. The Morgan fingerprint density at radius 1 is 1.33 bits per heavy atom. The van der Waals surface area contributed by atoms with Gasteiger partial charge in [-0.15, -0.1) is 0 Å². The van der Waals surface area contributed by atoms with Crippen LogP contribution in [0.15, 0.2) is 24.3 Å². The fourth-order valence-corrected chi connectivity index (χ4v) is 3.75. The Balaban J connectivity index is 2.05. The van der Waals surface area contributed by atoms with Gasteiger partial charge in [0.15, 0.2) is 0 Å². The van der Waals surface area contributed by atoms with E-state index in [0.717, 1.165) is 42.9 Å². The van der Waals surface area contributed by atoms with Gasteiger partial charge in [-0.1, -0.05) is 29.8 Å². The summed E-state index contributed by atoms with van der Waals surface area (Å²) >= 11 is 6.31. The van der Waals surface area contributed by atoms with Crippen molar-refractivity contribution in [3.63, 3.8) is 0 Å². The highest BCUT2D eigenvalue weighted by Crippen LogP contribution is 2.29. The fraction of sp³-hybridized carbons (Fsp3) is 0.556. The monoisotopic (exact) mass is 352 g/mol. The van der Waals surface area contributed by atoms with Gasteiger partial charge in [-0.2, -0.15) is 0 Å². The predicted molar refractivity (Wildman–Crippen MR) is 94.1 cm³/mol. The second kappa shape index (κ2) is 8.49. The van der Waals surface area contributed by atoms with E-state index in [4.69, 9.17) is 16.7 Å². The predicted octanol–water partition coefficient (Wildman–Crippen LogP) is 3.19. The Labute approximate surface area is 148 Å². The lowest BCUT2D eigenvalue weighted by molar-refractivity contribution is -0.145. The number of amides is 1. The molecule has 6 heteroatoms. The second-order valence-electron chi connectivity index (χ2n) is 6.36. The molecule has 0 saturated carbocycles. The van der Waals surface area contributed by atoms with Crippen molar-refractivity contribution < 1.29 is 14.7 Å². The minimum absolute atomic E-state index is 0.0120. The summed E-state index contributed by atoms with van der Waals surface area (Å²) in [4.78, 5) is 26.7. The maximum Gasteiger partial charge on any atom is 0.323 e. The van der Waals surface area contributed by atoms with Crippen molar-refractivity contribution >= 4 is 23.5 Å². The van der Waals surface area contributed by atoms with Gasteiger partial charge >= 0.3 is 5.97 Å². The number of benzene rings is 1.